The average molecular weight is 442 g/mol. The Morgan fingerprint density at radius 3 is 2.70 bits per heavy atom. The van der Waals surface area contributed by atoms with Gasteiger partial charge >= 0.3 is 0 Å². The smallest absolute Gasteiger partial charge is 0.251 e. The van der Waals surface area contributed by atoms with Crippen molar-refractivity contribution in [3.05, 3.63) is 77.6 Å². The lowest BCUT2D eigenvalue weighted by Gasteiger charge is -2.14. The van der Waals surface area contributed by atoms with Crippen molar-refractivity contribution in [2.24, 2.45) is 5.73 Å². The number of nitrogen functional groups attached to an aromatic ring is 1. The van der Waals surface area contributed by atoms with E-state index in [1.165, 1.54) is 0 Å². The zero-order valence-corrected chi connectivity index (χ0v) is 18.7. The number of nitrogens with two attached hydrogens (primary N) is 1. The molecule has 0 unspecified atom stereocenters. The van der Waals surface area contributed by atoms with Gasteiger partial charge in [0.2, 0.25) is 5.95 Å². The normalized spacial score (nSPS) is 10.8. The van der Waals surface area contributed by atoms with E-state index in [9.17, 15) is 4.79 Å². The number of nitrogens with one attached hydrogen (secondary N) is 3. The van der Waals surface area contributed by atoms with E-state index in [0.717, 1.165) is 34.3 Å². The fourth-order valence-electron chi connectivity index (χ4n) is 3.60. The Kier molecular flexibility index (Phi) is 6.35. The van der Waals surface area contributed by atoms with Gasteiger partial charge in [0.1, 0.15) is 5.84 Å². The van der Waals surface area contributed by atoms with Crippen LogP contribution in [0.2, 0.25) is 0 Å². The first-order chi connectivity index (χ1) is 16.0. The zero-order chi connectivity index (χ0) is 23.4. The van der Waals surface area contributed by atoms with E-state index in [-0.39, 0.29) is 11.7 Å². The molecular weight excluding hydrogens is 414 g/mol. The van der Waals surface area contributed by atoms with Gasteiger partial charge in [-0.1, -0.05) is 18.2 Å². The average Bonchev–Trinajstić information content (AvgIpc) is 3.27. The van der Waals surface area contributed by atoms with Crippen LogP contribution in [0.3, 0.4) is 0 Å². The third kappa shape index (κ3) is 4.85. The van der Waals surface area contributed by atoms with Crippen molar-refractivity contribution < 1.29 is 4.79 Å². The Morgan fingerprint density at radius 2 is 1.97 bits per heavy atom. The molecule has 0 radical (unpaired) electrons. The number of aromatic amines is 1. The number of amidine groups is 1. The van der Waals surface area contributed by atoms with Crippen molar-refractivity contribution in [3.8, 4) is 11.3 Å². The number of anilines is 1. The van der Waals surface area contributed by atoms with Crippen molar-refractivity contribution in [2.45, 2.75) is 13.3 Å². The summed E-state index contributed by atoms with van der Waals surface area (Å²) in [6.07, 6.45) is 4.16. The Hall–Kier alpha value is -4.20. The van der Waals surface area contributed by atoms with Gasteiger partial charge in [-0.05, 0) is 49.2 Å². The molecule has 0 spiro atoms. The lowest BCUT2D eigenvalue weighted by molar-refractivity contribution is 0.0954. The van der Waals surface area contributed by atoms with Gasteiger partial charge < -0.3 is 20.9 Å². The van der Waals surface area contributed by atoms with E-state index in [1.54, 1.807) is 24.5 Å². The van der Waals surface area contributed by atoms with Crippen molar-refractivity contribution in [1.29, 1.82) is 5.41 Å². The van der Waals surface area contributed by atoms with Crippen LogP contribution in [0.5, 0.6) is 0 Å². The standard InChI is InChI=1S/C25H27N7O/c1-3-32(2)25-29-13-11-21(31-25)17-5-7-18(8-6-17)24(33)28-12-10-16-4-9-22-19(14-16)20(15-30-22)23(26)27/h4-9,11,13-15,30H,3,10,12H2,1-2H3,(H3,26,27)(H,28,33). The lowest BCUT2D eigenvalue weighted by Crippen LogP contribution is -2.25. The van der Waals surface area contributed by atoms with Crippen LogP contribution in [0.15, 0.2) is 60.9 Å². The molecule has 5 N–H and O–H groups in total. The minimum atomic E-state index is -0.122. The molecule has 0 bridgehead atoms. The molecular formula is C25H27N7O. The van der Waals surface area contributed by atoms with Crippen LogP contribution in [0.25, 0.3) is 22.2 Å². The summed E-state index contributed by atoms with van der Waals surface area (Å²) < 4.78 is 0. The van der Waals surface area contributed by atoms with E-state index >= 15 is 0 Å². The first-order valence-electron chi connectivity index (χ1n) is 10.8. The van der Waals surface area contributed by atoms with E-state index in [1.807, 2.05) is 55.3 Å². The molecule has 0 aliphatic carbocycles. The second kappa shape index (κ2) is 9.52. The molecule has 0 aliphatic rings. The van der Waals surface area contributed by atoms with Gasteiger partial charge in [-0.25, -0.2) is 9.97 Å². The summed E-state index contributed by atoms with van der Waals surface area (Å²) in [6.45, 7) is 3.37. The monoisotopic (exact) mass is 441 g/mol. The number of fused-ring (bicyclic) bond motifs is 1. The third-order valence-electron chi connectivity index (χ3n) is 5.64. The van der Waals surface area contributed by atoms with Crippen LogP contribution >= 0.6 is 0 Å². The fourth-order valence-corrected chi connectivity index (χ4v) is 3.60. The zero-order valence-electron chi connectivity index (χ0n) is 18.7. The first kappa shape index (κ1) is 22.0. The highest BCUT2D eigenvalue weighted by molar-refractivity contribution is 6.07. The number of aromatic nitrogens is 3. The number of hydrogen-bond acceptors (Lipinski definition) is 5. The molecule has 33 heavy (non-hydrogen) atoms. The molecule has 0 fully saturated rings. The predicted octanol–water partition coefficient (Wildman–Crippen LogP) is 3.34. The molecule has 1 amide bonds. The maximum atomic E-state index is 12.6. The highest BCUT2D eigenvalue weighted by Crippen LogP contribution is 2.21. The number of carbonyl (C=O) groups is 1. The van der Waals surface area contributed by atoms with Gasteiger partial charge in [0.05, 0.1) is 5.69 Å². The molecule has 0 saturated heterocycles. The molecule has 8 nitrogen and oxygen atoms in total. The molecule has 0 saturated carbocycles. The largest absolute Gasteiger partial charge is 0.384 e. The summed E-state index contributed by atoms with van der Waals surface area (Å²) in [4.78, 5) is 26.6. The maximum absolute atomic E-state index is 12.6. The van der Waals surface area contributed by atoms with Crippen LogP contribution in [0.4, 0.5) is 5.95 Å². The Morgan fingerprint density at radius 1 is 1.18 bits per heavy atom. The summed E-state index contributed by atoms with van der Waals surface area (Å²) in [5, 5.41) is 11.6. The Bertz CT molecular complexity index is 1290. The van der Waals surface area contributed by atoms with Crippen LogP contribution in [0.1, 0.15) is 28.4 Å². The second-order valence-electron chi connectivity index (χ2n) is 7.84. The minimum absolute atomic E-state index is 0.0331. The summed E-state index contributed by atoms with van der Waals surface area (Å²) >= 11 is 0. The van der Waals surface area contributed by atoms with Gasteiger partial charge in [-0.2, -0.15) is 0 Å². The summed E-state index contributed by atoms with van der Waals surface area (Å²) in [5.74, 6) is 0.582. The van der Waals surface area contributed by atoms with Crippen LogP contribution in [-0.2, 0) is 6.42 Å². The lowest BCUT2D eigenvalue weighted by atomic mass is 10.1. The highest BCUT2D eigenvalue weighted by Gasteiger charge is 2.10. The van der Waals surface area contributed by atoms with Crippen molar-refractivity contribution in [2.75, 3.05) is 25.0 Å². The molecule has 2 heterocycles. The van der Waals surface area contributed by atoms with Crippen molar-refractivity contribution >= 4 is 28.6 Å². The predicted molar refractivity (Wildman–Crippen MR) is 132 cm³/mol. The summed E-state index contributed by atoms with van der Waals surface area (Å²) in [6, 6.07) is 15.3. The number of H-pyrrole nitrogens is 1. The van der Waals surface area contributed by atoms with E-state index in [0.29, 0.717) is 30.0 Å². The molecule has 2 aromatic carbocycles. The SMILES string of the molecule is CCN(C)c1nccc(-c2ccc(C(=O)NCCc3ccc4[nH]cc(C(=N)N)c4c3)cc2)n1. The Balaban J connectivity index is 1.38. The van der Waals surface area contributed by atoms with Crippen LogP contribution in [0, 0.1) is 5.41 Å². The molecule has 4 rings (SSSR count). The van der Waals surface area contributed by atoms with Crippen LogP contribution in [-0.4, -0.2) is 46.8 Å². The molecule has 4 aromatic rings. The van der Waals surface area contributed by atoms with Crippen molar-refractivity contribution in [1.82, 2.24) is 20.3 Å². The van der Waals surface area contributed by atoms with E-state index < -0.39 is 0 Å². The number of carbonyl (C=O) groups excluding carboxylic acids is 1. The molecule has 168 valence electrons. The first-order valence-corrected chi connectivity index (χ1v) is 10.8. The van der Waals surface area contributed by atoms with Gasteiger partial charge in [0.25, 0.3) is 5.91 Å². The number of rotatable bonds is 8. The van der Waals surface area contributed by atoms with Gasteiger partial charge in [-0.3, -0.25) is 10.2 Å². The van der Waals surface area contributed by atoms with Gasteiger partial charge in [-0.15, -0.1) is 0 Å². The molecule has 0 aliphatic heterocycles. The molecule has 0 atom stereocenters. The van der Waals surface area contributed by atoms with Crippen molar-refractivity contribution in [3.63, 3.8) is 0 Å². The van der Waals surface area contributed by atoms with E-state index in [2.05, 4.69) is 20.3 Å². The Labute approximate surface area is 192 Å². The second-order valence-corrected chi connectivity index (χ2v) is 7.84. The molecule has 8 heteroatoms. The van der Waals surface area contributed by atoms with Crippen LogP contribution < -0.4 is 16.0 Å². The topological polar surface area (TPSA) is 124 Å². The fraction of sp³-hybridized carbons (Fsp3) is 0.200. The van der Waals surface area contributed by atoms with E-state index in [4.69, 9.17) is 11.1 Å². The molecule has 2 aromatic heterocycles. The number of hydrogen-bond donors (Lipinski definition) is 4. The quantitative estimate of drug-likeness (QED) is 0.247. The number of benzene rings is 2. The number of amides is 1. The summed E-state index contributed by atoms with van der Waals surface area (Å²) in [5.41, 5.74) is 10.7. The maximum Gasteiger partial charge on any atom is 0.251 e. The van der Waals surface area contributed by atoms with Gasteiger partial charge in [0.15, 0.2) is 0 Å². The highest BCUT2D eigenvalue weighted by atomic mass is 16.1. The minimum Gasteiger partial charge on any atom is -0.384 e. The number of nitrogens with zero attached hydrogens (tertiary/aromatic N) is 3. The third-order valence-corrected chi connectivity index (χ3v) is 5.64. The van der Waals surface area contributed by atoms with Gasteiger partial charge in [0, 0.05) is 60.1 Å². The summed E-state index contributed by atoms with van der Waals surface area (Å²) in [7, 11) is 1.95.